The lowest BCUT2D eigenvalue weighted by Gasteiger charge is -2.18. The second kappa shape index (κ2) is 65.6. The Bertz CT molecular complexity index is 1380. The van der Waals surface area contributed by atoms with Gasteiger partial charge in [0, 0.05) is 19.3 Å². The van der Waals surface area contributed by atoms with E-state index in [2.05, 4.69) is 81.5 Å². The van der Waals surface area contributed by atoms with Gasteiger partial charge < -0.3 is 14.2 Å². The maximum atomic E-state index is 12.9. The van der Waals surface area contributed by atoms with E-state index >= 15 is 0 Å². The number of rotatable bonds is 62. The lowest BCUT2D eigenvalue weighted by atomic mass is 10.1. The van der Waals surface area contributed by atoms with Gasteiger partial charge in [-0.2, -0.15) is 0 Å². The first-order chi connectivity index (χ1) is 38.0. The van der Waals surface area contributed by atoms with Gasteiger partial charge in [0.2, 0.25) is 0 Å². The summed E-state index contributed by atoms with van der Waals surface area (Å²) in [6.45, 7) is 6.66. The molecule has 0 heterocycles. The van der Waals surface area contributed by atoms with Crippen molar-refractivity contribution in [1.82, 2.24) is 0 Å². The molecule has 0 aromatic heterocycles. The van der Waals surface area contributed by atoms with Crippen molar-refractivity contribution in [2.45, 2.75) is 361 Å². The van der Waals surface area contributed by atoms with E-state index in [1.54, 1.807) is 0 Å². The molecule has 1 unspecified atom stereocenters. The number of esters is 3. The smallest absolute Gasteiger partial charge is 0.306 e. The maximum Gasteiger partial charge on any atom is 0.306 e. The highest BCUT2D eigenvalue weighted by molar-refractivity contribution is 5.71. The van der Waals surface area contributed by atoms with E-state index in [0.717, 1.165) is 70.6 Å². The van der Waals surface area contributed by atoms with Gasteiger partial charge in [0.05, 0.1) is 0 Å². The van der Waals surface area contributed by atoms with Gasteiger partial charge in [-0.05, 0) is 109 Å². The molecule has 0 aromatic rings. The number of carbonyl (C=O) groups excluding carboxylic acids is 3. The van der Waals surface area contributed by atoms with E-state index in [0.29, 0.717) is 19.3 Å². The van der Waals surface area contributed by atoms with Gasteiger partial charge in [-0.15, -0.1) is 0 Å². The zero-order valence-corrected chi connectivity index (χ0v) is 51.5. The largest absolute Gasteiger partial charge is 0.462 e. The summed E-state index contributed by atoms with van der Waals surface area (Å²) in [5.41, 5.74) is 0. The molecule has 0 aliphatic heterocycles. The average molecular weight is 1080 g/mol. The molecular formula is C71H128O6. The molecule has 1 atom stereocenters. The van der Waals surface area contributed by atoms with Gasteiger partial charge in [0.1, 0.15) is 13.2 Å². The zero-order valence-electron chi connectivity index (χ0n) is 51.5. The van der Waals surface area contributed by atoms with E-state index in [-0.39, 0.29) is 31.1 Å². The van der Waals surface area contributed by atoms with Crippen molar-refractivity contribution in [2.24, 2.45) is 0 Å². The van der Waals surface area contributed by atoms with E-state index in [1.165, 1.54) is 244 Å². The van der Waals surface area contributed by atoms with Crippen LogP contribution in [0.25, 0.3) is 0 Å². The van der Waals surface area contributed by atoms with Crippen molar-refractivity contribution in [1.29, 1.82) is 0 Å². The van der Waals surface area contributed by atoms with Crippen molar-refractivity contribution in [2.75, 3.05) is 13.2 Å². The Morgan fingerprint density at radius 1 is 0.260 bits per heavy atom. The highest BCUT2D eigenvalue weighted by Crippen LogP contribution is 2.17. The first-order valence-corrected chi connectivity index (χ1v) is 33.8. The zero-order chi connectivity index (χ0) is 55.7. The number of carbonyl (C=O) groups is 3. The van der Waals surface area contributed by atoms with E-state index < -0.39 is 6.10 Å². The molecule has 6 heteroatoms. The summed E-state index contributed by atoms with van der Waals surface area (Å²) in [7, 11) is 0. The normalized spacial score (nSPS) is 12.4. The highest BCUT2D eigenvalue weighted by atomic mass is 16.6. The van der Waals surface area contributed by atoms with Crippen LogP contribution in [0.4, 0.5) is 0 Å². The van der Waals surface area contributed by atoms with Crippen molar-refractivity contribution in [3.8, 4) is 0 Å². The molecule has 0 aliphatic rings. The van der Waals surface area contributed by atoms with Crippen LogP contribution in [0, 0.1) is 0 Å². The third kappa shape index (κ3) is 63.8. The van der Waals surface area contributed by atoms with Gasteiger partial charge in [0.15, 0.2) is 6.10 Å². The number of allylic oxidation sites excluding steroid dienone is 10. The van der Waals surface area contributed by atoms with Crippen LogP contribution < -0.4 is 0 Å². The van der Waals surface area contributed by atoms with E-state index in [9.17, 15) is 14.4 Å². The molecule has 0 amide bonds. The second-order valence-electron chi connectivity index (χ2n) is 22.7. The third-order valence-corrected chi connectivity index (χ3v) is 15.0. The topological polar surface area (TPSA) is 78.9 Å². The Morgan fingerprint density at radius 3 is 0.727 bits per heavy atom. The van der Waals surface area contributed by atoms with Crippen LogP contribution in [0.1, 0.15) is 355 Å². The monoisotopic (exact) mass is 1080 g/mol. The van der Waals surface area contributed by atoms with Gasteiger partial charge in [-0.25, -0.2) is 0 Å². The molecule has 0 saturated heterocycles. The van der Waals surface area contributed by atoms with Crippen LogP contribution in [0.15, 0.2) is 60.8 Å². The minimum atomic E-state index is -0.782. The lowest BCUT2D eigenvalue weighted by Crippen LogP contribution is -2.30. The Morgan fingerprint density at radius 2 is 0.468 bits per heavy atom. The molecule has 6 nitrogen and oxygen atoms in total. The SMILES string of the molecule is CCCCCCC/C=C\C/C=C\CCCCCCCCCCCC(=O)OCC(COC(=O)CCCCCCCCC/C=C\CCCCCCCC)OC(=O)CCCCCCCCCCC/C=C\C/C=C\CCCCCCC. The summed E-state index contributed by atoms with van der Waals surface area (Å²) in [4.78, 5) is 38.4. The lowest BCUT2D eigenvalue weighted by molar-refractivity contribution is -0.167. The molecule has 77 heavy (non-hydrogen) atoms. The number of unbranched alkanes of at least 4 members (excludes halogenated alkanes) is 41. The fourth-order valence-corrected chi connectivity index (χ4v) is 9.85. The van der Waals surface area contributed by atoms with Gasteiger partial charge in [-0.1, -0.05) is 287 Å². The molecular weight excluding hydrogens is 949 g/mol. The number of ether oxygens (including phenoxy) is 3. The molecule has 0 aromatic carbocycles. The highest BCUT2D eigenvalue weighted by Gasteiger charge is 2.19. The minimum absolute atomic E-state index is 0.0775. The molecule has 0 radical (unpaired) electrons. The van der Waals surface area contributed by atoms with Crippen molar-refractivity contribution in [3.63, 3.8) is 0 Å². The van der Waals surface area contributed by atoms with Crippen LogP contribution >= 0.6 is 0 Å². The van der Waals surface area contributed by atoms with E-state index in [4.69, 9.17) is 14.2 Å². The third-order valence-electron chi connectivity index (χ3n) is 15.0. The van der Waals surface area contributed by atoms with Crippen molar-refractivity contribution in [3.05, 3.63) is 60.8 Å². The Balaban J connectivity index is 4.37. The summed E-state index contributed by atoms with van der Waals surface area (Å²) in [5, 5.41) is 0. The Kier molecular flexibility index (Phi) is 63.2. The molecule has 0 fully saturated rings. The quantitative estimate of drug-likeness (QED) is 0.0261. The fourth-order valence-electron chi connectivity index (χ4n) is 9.85. The molecule has 0 rings (SSSR count). The first kappa shape index (κ1) is 74.1. The van der Waals surface area contributed by atoms with Crippen LogP contribution in [0.2, 0.25) is 0 Å². The fraction of sp³-hybridized carbons (Fsp3) is 0.817. The summed E-state index contributed by atoms with van der Waals surface area (Å²) in [5.74, 6) is -0.870. The van der Waals surface area contributed by atoms with Gasteiger partial charge in [0.25, 0.3) is 0 Å². The number of hydrogen-bond donors (Lipinski definition) is 0. The molecule has 0 bridgehead atoms. The maximum absolute atomic E-state index is 12.9. The van der Waals surface area contributed by atoms with Crippen molar-refractivity contribution < 1.29 is 28.6 Å². The van der Waals surface area contributed by atoms with Crippen LogP contribution in [0.3, 0.4) is 0 Å². The van der Waals surface area contributed by atoms with Crippen LogP contribution in [0.5, 0.6) is 0 Å². The summed E-state index contributed by atoms with van der Waals surface area (Å²) >= 11 is 0. The van der Waals surface area contributed by atoms with Crippen LogP contribution in [-0.2, 0) is 28.6 Å². The summed E-state index contributed by atoms with van der Waals surface area (Å²) in [6.07, 6.45) is 83.7. The van der Waals surface area contributed by atoms with E-state index in [1.807, 2.05) is 0 Å². The van der Waals surface area contributed by atoms with Gasteiger partial charge in [-0.3, -0.25) is 14.4 Å². The standard InChI is InChI=1S/C71H128O6/c1-4-7-10-13-16-19-22-25-28-31-33-35-37-40-43-46-49-52-55-58-61-64-70(73)76-67-68(66-75-69(72)63-60-57-54-51-48-45-42-39-30-27-24-21-18-15-12-9-6-3)77-71(74)65-62-59-56-53-50-47-44-41-38-36-34-32-29-26-23-20-17-14-11-8-5-2/h22-23,25-27,30-34,68H,4-21,24,28-29,35-67H2,1-3H3/b25-22-,26-23-,30-27-,33-31-,34-32-. The Hall–Kier alpha value is -2.89. The molecule has 0 N–H and O–H groups in total. The van der Waals surface area contributed by atoms with Gasteiger partial charge >= 0.3 is 17.9 Å². The predicted octanol–water partition coefficient (Wildman–Crippen LogP) is 23.1. The van der Waals surface area contributed by atoms with Crippen LogP contribution in [-0.4, -0.2) is 37.2 Å². The number of hydrogen-bond acceptors (Lipinski definition) is 6. The summed E-state index contributed by atoms with van der Waals surface area (Å²) < 4.78 is 17.0. The Labute approximate surface area is 479 Å². The second-order valence-corrected chi connectivity index (χ2v) is 22.7. The first-order valence-electron chi connectivity index (χ1n) is 33.8. The minimum Gasteiger partial charge on any atom is -0.462 e. The molecule has 448 valence electrons. The summed E-state index contributed by atoms with van der Waals surface area (Å²) in [6, 6.07) is 0. The van der Waals surface area contributed by atoms with Crippen molar-refractivity contribution >= 4 is 17.9 Å². The molecule has 0 saturated carbocycles. The molecule has 0 spiro atoms. The predicted molar refractivity (Wildman–Crippen MR) is 335 cm³/mol. The average Bonchev–Trinajstić information content (AvgIpc) is 3.43. The molecule has 0 aliphatic carbocycles.